The Morgan fingerprint density at radius 1 is 1.19 bits per heavy atom. The first-order chi connectivity index (χ1) is 14.8. The molecule has 1 amide bonds. The molecule has 10 nitrogen and oxygen atoms in total. The predicted molar refractivity (Wildman–Crippen MR) is 114 cm³/mol. The molecule has 0 saturated heterocycles. The van der Waals surface area contributed by atoms with Crippen LogP contribution in [0.4, 0.5) is 11.5 Å². The zero-order valence-corrected chi connectivity index (χ0v) is 17.4. The highest BCUT2D eigenvalue weighted by Gasteiger charge is 2.19. The number of carbonyl (C=O) groups excluding carboxylic acids is 1. The maximum Gasteiger partial charge on any atom is 0.261 e. The van der Waals surface area contributed by atoms with Gasteiger partial charge in [-0.3, -0.25) is 14.2 Å². The molecule has 2 aromatic heterocycles. The number of sulfonamides is 1. The number of rotatable bonds is 5. The van der Waals surface area contributed by atoms with Crippen molar-refractivity contribution in [3.63, 3.8) is 0 Å². The Morgan fingerprint density at radius 3 is 2.58 bits per heavy atom. The molecule has 0 aliphatic heterocycles. The number of nitriles is 1. The second kappa shape index (κ2) is 7.58. The molecule has 11 heteroatoms. The van der Waals surface area contributed by atoms with Gasteiger partial charge in [0.2, 0.25) is 0 Å². The minimum Gasteiger partial charge on any atom is -0.358 e. The lowest BCUT2D eigenvalue weighted by atomic mass is 10.1. The van der Waals surface area contributed by atoms with Gasteiger partial charge >= 0.3 is 0 Å². The smallest absolute Gasteiger partial charge is 0.261 e. The third-order valence-electron chi connectivity index (χ3n) is 4.68. The summed E-state index contributed by atoms with van der Waals surface area (Å²) in [7, 11) is -2.25. The number of anilines is 2. The third kappa shape index (κ3) is 3.84. The number of benzene rings is 2. The Bertz CT molecular complexity index is 1440. The van der Waals surface area contributed by atoms with Gasteiger partial charge in [0, 0.05) is 24.2 Å². The molecule has 4 aromatic rings. The van der Waals surface area contributed by atoms with Gasteiger partial charge in [0.15, 0.2) is 5.82 Å². The van der Waals surface area contributed by atoms with E-state index in [1.54, 1.807) is 31.6 Å². The quantitative estimate of drug-likeness (QED) is 0.439. The number of H-pyrrole nitrogens is 1. The molecule has 0 saturated carbocycles. The number of hydrogen-bond acceptors (Lipinski definition) is 6. The molecular formula is C20H17N7O3S. The Balaban J connectivity index is 1.58. The van der Waals surface area contributed by atoms with E-state index in [0.29, 0.717) is 22.2 Å². The molecule has 0 fully saturated rings. The third-order valence-corrected chi connectivity index (χ3v) is 6.06. The van der Waals surface area contributed by atoms with Crippen molar-refractivity contribution in [2.24, 2.45) is 7.05 Å². The highest BCUT2D eigenvalue weighted by atomic mass is 32.2. The number of amides is 1. The highest BCUT2D eigenvalue weighted by Crippen LogP contribution is 2.30. The van der Waals surface area contributed by atoms with Crippen molar-refractivity contribution in [1.82, 2.24) is 20.0 Å². The minimum atomic E-state index is -3.92. The van der Waals surface area contributed by atoms with Crippen LogP contribution in [0.5, 0.6) is 0 Å². The highest BCUT2D eigenvalue weighted by molar-refractivity contribution is 7.92. The van der Waals surface area contributed by atoms with E-state index in [-0.39, 0.29) is 16.3 Å². The van der Waals surface area contributed by atoms with Crippen LogP contribution in [-0.4, -0.2) is 34.3 Å². The number of carbonyl (C=O) groups is 1. The van der Waals surface area contributed by atoms with Gasteiger partial charge in [-0.25, -0.2) is 8.42 Å². The summed E-state index contributed by atoms with van der Waals surface area (Å²) >= 11 is 0. The van der Waals surface area contributed by atoms with Crippen molar-refractivity contribution < 1.29 is 13.2 Å². The fraction of sp³-hybridized carbons (Fsp3) is 0.100. The summed E-state index contributed by atoms with van der Waals surface area (Å²) in [6.07, 6.45) is 3.08. The molecule has 0 spiro atoms. The van der Waals surface area contributed by atoms with Gasteiger partial charge in [0.1, 0.15) is 6.07 Å². The molecule has 4 rings (SSSR count). The lowest BCUT2D eigenvalue weighted by Gasteiger charge is -2.11. The van der Waals surface area contributed by atoms with E-state index in [1.807, 2.05) is 6.92 Å². The second-order valence-corrected chi connectivity index (χ2v) is 8.54. The minimum absolute atomic E-state index is 0.00987. The van der Waals surface area contributed by atoms with Crippen LogP contribution in [-0.2, 0) is 17.1 Å². The van der Waals surface area contributed by atoms with Gasteiger partial charge in [-0.2, -0.15) is 5.26 Å². The molecule has 0 aliphatic rings. The molecule has 3 N–H and O–H groups in total. The normalized spacial score (nSPS) is 11.3. The van der Waals surface area contributed by atoms with Crippen molar-refractivity contribution in [1.29, 1.82) is 5.26 Å². The monoisotopic (exact) mass is 435 g/mol. The molecular weight excluding hydrogens is 418 g/mol. The van der Waals surface area contributed by atoms with E-state index in [0.717, 1.165) is 5.56 Å². The summed E-state index contributed by atoms with van der Waals surface area (Å²) in [6, 6.07) is 11.0. The molecule has 0 radical (unpaired) electrons. The average molecular weight is 435 g/mol. The number of aromatic nitrogens is 4. The number of aryl methyl sites for hydroxylation is 2. The first-order valence-corrected chi connectivity index (χ1v) is 10.6. The van der Waals surface area contributed by atoms with E-state index in [9.17, 15) is 18.5 Å². The second-order valence-electron chi connectivity index (χ2n) is 6.86. The lowest BCUT2D eigenvalue weighted by Crippen LogP contribution is -2.15. The van der Waals surface area contributed by atoms with Crippen molar-refractivity contribution in [3.05, 3.63) is 65.5 Å². The zero-order chi connectivity index (χ0) is 22.2. The Kier molecular flexibility index (Phi) is 4.92. The van der Waals surface area contributed by atoms with Crippen LogP contribution >= 0.6 is 0 Å². The fourth-order valence-electron chi connectivity index (χ4n) is 3.18. The molecule has 2 aromatic carbocycles. The molecule has 0 bridgehead atoms. The van der Waals surface area contributed by atoms with Crippen LogP contribution in [0.2, 0.25) is 0 Å². The SMILES string of the molecule is Cc1ccc(NS(=O)(=O)c2ccc(C(=O)Nc3cn(C)nn3)cc2)c2[nH]cc(C#N)c12. The summed E-state index contributed by atoms with van der Waals surface area (Å²) in [5.41, 5.74) is 2.42. The van der Waals surface area contributed by atoms with Crippen molar-refractivity contribution in [2.75, 3.05) is 10.0 Å². The predicted octanol–water partition coefficient (Wildman–Crippen LogP) is 2.53. The van der Waals surface area contributed by atoms with Crippen LogP contribution in [0.25, 0.3) is 10.9 Å². The van der Waals surface area contributed by atoms with Gasteiger partial charge in [0.25, 0.3) is 15.9 Å². The number of nitrogens with zero attached hydrogens (tertiary/aromatic N) is 4. The van der Waals surface area contributed by atoms with E-state index >= 15 is 0 Å². The van der Waals surface area contributed by atoms with Crippen molar-refractivity contribution >= 4 is 38.3 Å². The standard InChI is InChI=1S/C20H17N7O3S/c1-12-3-8-16(19-18(12)14(9-21)10-22-19)25-31(29,30)15-6-4-13(5-7-15)20(28)23-17-11-27(2)26-24-17/h3-8,10-11,22,25H,1-2H3,(H,23,28). The first-order valence-electron chi connectivity index (χ1n) is 9.10. The van der Waals surface area contributed by atoms with Crippen molar-refractivity contribution in [3.8, 4) is 6.07 Å². The molecule has 0 atom stereocenters. The van der Waals surface area contributed by atoms with Crippen LogP contribution in [0.1, 0.15) is 21.5 Å². The van der Waals surface area contributed by atoms with Gasteiger partial charge in [-0.15, -0.1) is 5.10 Å². The van der Waals surface area contributed by atoms with Crippen LogP contribution < -0.4 is 10.0 Å². The van der Waals surface area contributed by atoms with E-state index < -0.39 is 15.9 Å². The summed E-state index contributed by atoms with van der Waals surface area (Å²) in [5.74, 6) is -0.148. The Morgan fingerprint density at radius 2 is 1.94 bits per heavy atom. The summed E-state index contributed by atoms with van der Waals surface area (Å²) < 4.78 is 29.7. The largest absolute Gasteiger partial charge is 0.358 e. The number of aromatic amines is 1. The van der Waals surface area contributed by atoms with Crippen molar-refractivity contribution in [2.45, 2.75) is 11.8 Å². The number of hydrogen-bond donors (Lipinski definition) is 3. The Hall–Kier alpha value is -4.17. The number of fused-ring (bicyclic) bond motifs is 1. The zero-order valence-electron chi connectivity index (χ0n) is 16.5. The maximum absolute atomic E-state index is 12.9. The molecule has 0 aliphatic carbocycles. The lowest BCUT2D eigenvalue weighted by molar-refractivity contribution is 0.102. The Labute approximate surface area is 177 Å². The molecule has 31 heavy (non-hydrogen) atoms. The van der Waals surface area contributed by atoms with E-state index in [1.165, 1.54) is 28.9 Å². The van der Waals surface area contributed by atoms with Gasteiger partial charge < -0.3 is 10.3 Å². The molecule has 156 valence electrons. The van der Waals surface area contributed by atoms with Crippen LogP contribution in [0.15, 0.2) is 53.7 Å². The fourth-order valence-corrected chi connectivity index (χ4v) is 4.25. The summed E-state index contributed by atoms with van der Waals surface area (Å²) in [6.45, 7) is 1.85. The van der Waals surface area contributed by atoms with Crippen LogP contribution in [0, 0.1) is 18.3 Å². The average Bonchev–Trinajstić information content (AvgIpc) is 3.36. The summed E-state index contributed by atoms with van der Waals surface area (Å²) in [4.78, 5) is 15.2. The van der Waals surface area contributed by atoms with Gasteiger partial charge in [-0.1, -0.05) is 11.3 Å². The molecule has 2 heterocycles. The van der Waals surface area contributed by atoms with Crippen LogP contribution in [0.3, 0.4) is 0 Å². The van der Waals surface area contributed by atoms with E-state index in [4.69, 9.17) is 0 Å². The number of nitrogens with one attached hydrogen (secondary N) is 3. The molecule has 0 unspecified atom stereocenters. The van der Waals surface area contributed by atoms with Gasteiger partial charge in [-0.05, 0) is 42.8 Å². The topological polar surface area (TPSA) is 146 Å². The van der Waals surface area contributed by atoms with Gasteiger partial charge in [0.05, 0.1) is 27.9 Å². The first kappa shape index (κ1) is 20.1. The summed E-state index contributed by atoms with van der Waals surface area (Å²) in [5, 5.41) is 20.0. The maximum atomic E-state index is 12.9. The van der Waals surface area contributed by atoms with E-state index in [2.05, 4.69) is 31.4 Å².